The highest BCUT2D eigenvalue weighted by molar-refractivity contribution is 7.99. The van der Waals surface area contributed by atoms with E-state index in [-0.39, 0.29) is 0 Å². The molecule has 3 N–H and O–H groups in total. The van der Waals surface area contributed by atoms with Gasteiger partial charge in [-0.05, 0) is 31.0 Å². The molecule has 0 aliphatic carbocycles. The lowest BCUT2D eigenvalue weighted by Gasteiger charge is -2.05. The first-order valence-corrected chi connectivity index (χ1v) is 7.12. The molecule has 0 saturated heterocycles. The lowest BCUT2D eigenvalue weighted by molar-refractivity contribution is 0.880. The normalized spacial score (nSPS) is 10.4. The Morgan fingerprint density at radius 2 is 2.06 bits per heavy atom. The lowest BCUT2D eigenvalue weighted by Crippen LogP contribution is -2.09. The van der Waals surface area contributed by atoms with E-state index in [9.17, 15) is 0 Å². The Morgan fingerprint density at radius 1 is 1.22 bits per heavy atom. The molecule has 18 heavy (non-hydrogen) atoms. The number of nitrogens with two attached hydrogens (primary N) is 1. The van der Waals surface area contributed by atoms with Gasteiger partial charge in [-0.25, -0.2) is 25.8 Å². The van der Waals surface area contributed by atoms with Gasteiger partial charge in [-0.3, -0.25) is 0 Å². The second-order valence-electron chi connectivity index (χ2n) is 3.31. The summed E-state index contributed by atoms with van der Waals surface area (Å²) in [6, 6.07) is 3.61. The van der Waals surface area contributed by atoms with E-state index >= 15 is 0 Å². The number of anilines is 1. The predicted octanol–water partition coefficient (Wildman–Crippen LogP) is 1.73. The average Bonchev–Trinajstić information content (AvgIpc) is 2.38. The van der Waals surface area contributed by atoms with E-state index in [1.807, 2.05) is 19.2 Å². The van der Waals surface area contributed by atoms with Gasteiger partial charge >= 0.3 is 0 Å². The standard InChI is InChI=1S/C10H12N6S2/c1-6-3-4-12-9(13-6)18-8-5-7(16-11)14-10(15-8)17-2/h3-5H,11H2,1-2H3,(H,14,15,16). The molecular formula is C10H12N6S2. The molecule has 0 amide bonds. The van der Waals surface area contributed by atoms with Gasteiger partial charge in [0.05, 0.1) is 0 Å². The summed E-state index contributed by atoms with van der Waals surface area (Å²) < 4.78 is 0. The lowest BCUT2D eigenvalue weighted by atomic mass is 10.5. The minimum absolute atomic E-state index is 0.574. The number of nitrogen functional groups attached to an aromatic ring is 1. The van der Waals surface area contributed by atoms with Crippen LogP contribution in [0.15, 0.2) is 33.7 Å². The first-order chi connectivity index (χ1) is 8.71. The van der Waals surface area contributed by atoms with Crippen LogP contribution in [0.1, 0.15) is 5.69 Å². The van der Waals surface area contributed by atoms with Crippen LogP contribution < -0.4 is 11.3 Å². The third kappa shape index (κ3) is 3.31. The van der Waals surface area contributed by atoms with Crippen molar-refractivity contribution >= 4 is 29.3 Å². The molecule has 0 atom stereocenters. The number of aromatic nitrogens is 4. The zero-order valence-corrected chi connectivity index (χ0v) is 11.5. The number of hydrogen-bond acceptors (Lipinski definition) is 8. The monoisotopic (exact) mass is 280 g/mol. The maximum Gasteiger partial charge on any atom is 0.194 e. The SMILES string of the molecule is CSc1nc(NN)cc(Sc2nccc(C)n2)n1. The summed E-state index contributed by atoms with van der Waals surface area (Å²) in [5.74, 6) is 5.94. The van der Waals surface area contributed by atoms with Crippen LogP contribution in [0, 0.1) is 6.92 Å². The summed E-state index contributed by atoms with van der Waals surface area (Å²) in [6.45, 7) is 1.92. The summed E-state index contributed by atoms with van der Waals surface area (Å²) in [6.07, 6.45) is 3.64. The third-order valence-electron chi connectivity index (χ3n) is 1.98. The number of rotatable bonds is 4. The number of nitrogens with one attached hydrogen (secondary N) is 1. The van der Waals surface area contributed by atoms with Crippen LogP contribution in [-0.4, -0.2) is 26.2 Å². The first kappa shape index (κ1) is 13.1. The van der Waals surface area contributed by atoms with Gasteiger partial charge in [-0.15, -0.1) is 0 Å². The van der Waals surface area contributed by atoms with Crippen LogP contribution in [-0.2, 0) is 0 Å². The molecular weight excluding hydrogens is 268 g/mol. The van der Waals surface area contributed by atoms with Gasteiger partial charge in [0.1, 0.15) is 10.8 Å². The van der Waals surface area contributed by atoms with Crippen LogP contribution in [0.4, 0.5) is 5.82 Å². The van der Waals surface area contributed by atoms with Gasteiger partial charge in [-0.2, -0.15) is 0 Å². The molecule has 0 bridgehead atoms. The van der Waals surface area contributed by atoms with E-state index < -0.39 is 0 Å². The van der Waals surface area contributed by atoms with Crippen LogP contribution in [0.25, 0.3) is 0 Å². The van der Waals surface area contributed by atoms with Crippen molar-refractivity contribution in [1.29, 1.82) is 0 Å². The Kier molecular flexibility index (Phi) is 4.34. The van der Waals surface area contributed by atoms with Crippen molar-refractivity contribution < 1.29 is 0 Å². The molecule has 6 nitrogen and oxygen atoms in total. The van der Waals surface area contributed by atoms with E-state index in [4.69, 9.17) is 5.84 Å². The summed E-state index contributed by atoms with van der Waals surface area (Å²) in [4.78, 5) is 17.0. The fourth-order valence-corrected chi connectivity index (χ4v) is 2.42. The molecule has 2 rings (SSSR count). The number of nitrogens with zero attached hydrogens (tertiary/aromatic N) is 4. The molecule has 0 aliphatic rings. The molecule has 0 unspecified atom stereocenters. The molecule has 0 spiro atoms. The Labute approximate surface area is 113 Å². The fourth-order valence-electron chi connectivity index (χ4n) is 1.19. The highest BCUT2D eigenvalue weighted by Gasteiger charge is 2.07. The maximum absolute atomic E-state index is 5.37. The van der Waals surface area contributed by atoms with Gasteiger partial charge in [-0.1, -0.05) is 11.8 Å². The van der Waals surface area contributed by atoms with E-state index in [2.05, 4.69) is 25.4 Å². The minimum Gasteiger partial charge on any atom is -0.308 e. The highest BCUT2D eigenvalue weighted by atomic mass is 32.2. The van der Waals surface area contributed by atoms with Gasteiger partial charge < -0.3 is 5.43 Å². The molecule has 0 radical (unpaired) electrons. The number of thioether (sulfide) groups is 1. The molecule has 0 aliphatic heterocycles. The largest absolute Gasteiger partial charge is 0.308 e. The quantitative estimate of drug-likeness (QED) is 0.288. The molecule has 2 aromatic heterocycles. The molecule has 8 heteroatoms. The third-order valence-corrected chi connectivity index (χ3v) is 3.33. The average molecular weight is 280 g/mol. The minimum atomic E-state index is 0.574. The van der Waals surface area contributed by atoms with E-state index in [1.165, 1.54) is 23.5 Å². The van der Waals surface area contributed by atoms with Crippen LogP contribution >= 0.6 is 23.5 Å². The summed E-state index contributed by atoms with van der Waals surface area (Å²) in [7, 11) is 0. The molecule has 94 valence electrons. The van der Waals surface area contributed by atoms with Gasteiger partial charge in [0, 0.05) is 18.0 Å². The van der Waals surface area contributed by atoms with E-state index in [0.29, 0.717) is 16.1 Å². The molecule has 0 aromatic carbocycles. The van der Waals surface area contributed by atoms with Crippen molar-refractivity contribution in [3.63, 3.8) is 0 Å². The van der Waals surface area contributed by atoms with Crippen molar-refractivity contribution in [2.24, 2.45) is 5.84 Å². The van der Waals surface area contributed by atoms with Crippen molar-refractivity contribution in [1.82, 2.24) is 19.9 Å². The summed E-state index contributed by atoms with van der Waals surface area (Å²) in [5, 5.41) is 2.07. The van der Waals surface area contributed by atoms with Crippen LogP contribution in [0.5, 0.6) is 0 Å². The first-order valence-electron chi connectivity index (χ1n) is 5.08. The summed E-state index contributed by atoms with van der Waals surface area (Å²) in [5.41, 5.74) is 3.44. The van der Waals surface area contributed by atoms with Gasteiger partial charge in [0.2, 0.25) is 0 Å². The van der Waals surface area contributed by atoms with Crippen LogP contribution in [0.3, 0.4) is 0 Å². The Balaban J connectivity index is 2.28. The van der Waals surface area contributed by atoms with Crippen molar-refractivity contribution in [3.05, 3.63) is 24.0 Å². The highest BCUT2D eigenvalue weighted by Crippen LogP contribution is 2.26. The smallest absolute Gasteiger partial charge is 0.194 e. The molecule has 2 aromatic rings. The molecule has 0 saturated carbocycles. The van der Waals surface area contributed by atoms with E-state index in [0.717, 1.165) is 10.7 Å². The van der Waals surface area contributed by atoms with Gasteiger partial charge in [0.25, 0.3) is 0 Å². The topological polar surface area (TPSA) is 89.6 Å². The Morgan fingerprint density at radius 3 is 2.72 bits per heavy atom. The number of hydrogen-bond donors (Lipinski definition) is 2. The summed E-state index contributed by atoms with van der Waals surface area (Å²) >= 11 is 2.83. The zero-order chi connectivity index (χ0) is 13.0. The number of hydrazine groups is 1. The van der Waals surface area contributed by atoms with E-state index in [1.54, 1.807) is 12.3 Å². The van der Waals surface area contributed by atoms with Crippen molar-refractivity contribution in [3.8, 4) is 0 Å². The number of aryl methyl sites for hydroxylation is 1. The molecule has 0 fully saturated rings. The molecule has 2 heterocycles. The fraction of sp³-hybridized carbons (Fsp3) is 0.200. The Hall–Kier alpha value is -1.38. The van der Waals surface area contributed by atoms with Crippen molar-refractivity contribution in [2.75, 3.05) is 11.7 Å². The second-order valence-corrected chi connectivity index (χ2v) is 5.07. The maximum atomic E-state index is 5.37. The zero-order valence-electron chi connectivity index (χ0n) is 9.91. The van der Waals surface area contributed by atoms with Crippen molar-refractivity contribution in [2.45, 2.75) is 22.3 Å². The predicted molar refractivity (Wildman–Crippen MR) is 72.5 cm³/mol. The van der Waals surface area contributed by atoms with Crippen LogP contribution in [0.2, 0.25) is 0 Å². The van der Waals surface area contributed by atoms with Gasteiger partial charge in [0.15, 0.2) is 10.3 Å². The Bertz CT molecular complexity index is 525. The second kappa shape index (κ2) is 5.98.